The number of carbonyl (C=O) groups excluding carboxylic acids is 3. The average molecular weight is 454 g/mol. The number of aromatic nitrogens is 1. The van der Waals surface area contributed by atoms with Gasteiger partial charge in [0.05, 0.1) is 16.8 Å². The first-order valence-electron chi connectivity index (χ1n) is 10.5. The largest absolute Gasteiger partial charge is 0.483 e. The van der Waals surface area contributed by atoms with Crippen molar-refractivity contribution in [3.05, 3.63) is 90.6 Å². The zero-order valence-corrected chi connectivity index (χ0v) is 18.4. The molecular formula is C26H22N4O4. The number of benzene rings is 3. The van der Waals surface area contributed by atoms with E-state index in [-0.39, 0.29) is 30.1 Å². The van der Waals surface area contributed by atoms with E-state index in [1.807, 2.05) is 24.3 Å². The number of ether oxygens (including phenoxy) is 1. The van der Waals surface area contributed by atoms with Crippen LogP contribution >= 0.6 is 0 Å². The molecule has 1 heterocycles. The van der Waals surface area contributed by atoms with E-state index in [0.717, 1.165) is 5.39 Å². The lowest BCUT2D eigenvalue weighted by Crippen LogP contribution is -2.21. The van der Waals surface area contributed by atoms with E-state index < -0.39 is 0 Å². The van der Waals surface area contributed by atoms with Crippen molar-refractivity contribution in [2.75, 3.05) is 22.6 Å². The normalized spacial score (nSPS) is 10.4. The van der Waals surface area contributed by atoms with Crippen LogP contribution in [-0.4, -0.2) is 29.3 Å². The van der Waals surface area contributed by atoms with Crippen molar-refractivity contribution in [2.45, 2.75) is 6.92 Å². The summed E-state index contributed by atoms with van der Waals surface area (Å²) in [5, 5.41) is 9.16. The fourth-order valence-electron chi connectivity index (χ4n) is 3.36. The molecule has 3 aromatic carbocycles. The fourth-order valence-corrected chi connectivity index (χ4v) is 3.36. The predicted molar refractivity (Wildman–Crippen MR) is 131 cm³/mol. The Morgan fingerprint density at radius 2 is 1.50 bits per heavy atom. The van der Waals surface area contributed by atoms with Gasteiger partial charge in [-0.2, -0.15) is 0 Å². The Kier molecular flexibility index (Phi) is 6.78. The van der Waals surface area contributed by atoms with Crippen LogP contribution in [0.2, 0.25) is 0 Å². The van der Waals surface area contributed by atoms with Crippen molar-refractivity contribution in [3.8, 4) is 5.75 Å². The molecule has 0 radical (unpaired) electrons. The highest BCUT2D eigenvalue weighted by Gasteiger charge is 2.15. The van der Waals surface area contributed by atoms with Gasteiger partial charge in [0.25, 0.3) is 11.8 Å². The summed E-state index contributed by atoms with van der Waals surface area (Å²) in [7, 11) is 0. The second kappa shape index (κ2) is 10.3. The molecule has 4 rings (SSSR count). The van der Waals surface area contributed by atoms with Crippen LogP contribution in [0, 0.1) is 0 Å². The van der Waals surface area contributed by atoms with Crippen LogP contribution in [0.25, 0.3) is 10.9 Å². The highest BCUT2D eigenvalue weighted by atomic mass is 16.5. The van der Waals surface area contributed by atoms with Crippen molar-refractivity contribution in [1.82, 2.24) is 4.98 Å². The van der Waals surface area contributed by atoms with Gasteiger partial charge in [-0.25, -0.2) is 0 Å². The van der Waals surface area contributed by atoms with Crippen molar-refractivity contribution in [3.63, 3.8) is 0 Å². The van der Waals surface area contributed by atoms with Crippen molar-refractivity contribution in [2.24, 2.45) is 0 Å². The van der Waals surface area contributed by atoms with E-state index in [0.29, 0.717) is 28.1 Å². The number of carbonyl (C=O) groups is 3. The molecule has 4 aromatic rings. The maximum Gasteiger partial charge on any atom is 0.262 e. The molecule has 0 fully saturated rings. The molecule has 0 atom stereocenters. The molecule has 170 valence electrons. The quantitative estimate of drug-likeness (QED) is 0.382. The monoisotopic (exact) mass is 454 g/mol. The topological polar surface area (TPSA) is 109 Å². The Labute approximate surface area is 196 Å². The first kappa shape index (κ1) is 22.5. The number of fused-ring (bicyclic) bond motifs is 1. The number of nitrogens with zero attached hydrogens (tertiary/aromatic N) is 1. The smallest absolute Gasteiger partial charge is 0.262 e. The van der Waals surface area contributed by atoms with Gasteiger partial charge in [0.1, 0.15) is 5.75 Å². The van der Waals surface area contributed by atoms with Crippen LogP contribution in [0.4, 0.5) is 17.1 Å². The molecular weight excluding hydrogens is 432 g/mol. The van der Waals surface area contributed by atoms with Crippen molar-refractivity contribution >= 4 is 45.7 Å². The van der Waals surface area contributed by atoms with E-state index in [9.17, 15) is 14.4 Å². The average Bonchev–Trinajstić information content (AvgIpc) is 2.84. The van der Waals surface area contributed by atoms with Crippen LogP contribution in [-0.2, 0) is 9.59 Å². The number of anilines is 3. The molecule has 3 N–H and O–H groups in total. The van der Waals surface area contributed by atoms with Gasteiger partial charge in [0.2, 0.25) is 5.91 Å². The van der Waals surface area contributed by atoms with Crippen molar-refractivity contribution < 1.29 is 19.1 Å². The Morgan fingerprint density at radius 3 is 2.26 bits per heavy atom. The molecule has 34 heavy (non-hydrogen) atoms. The maximum atomic E-state index is 13.0. The molecule has 0 bridgehead atoms. The van der Waals surface area contributed by atoms with E-state index in [4.69, 9.17) is 4.74 Å². The second-order valence-corrected chi connectivity index (χ2v) is 7.43. The van der Waals surface area contributed by atoms with Gasteiger partial charge in [-0.05, 0) is 48.5 Å². The summed E-state index contributed by atoms with van der Waals surface area (Å²) in [6.07, 6.45) is 1.67. The molecule has 0 aliphatic carbocycles. The summed E-state index contributed by atoms with van der Waals surface area (Å²) >= 11 is 0. The molecule has 0 saturated heterocycles. The van der Waals surface area contributed by atoms with Gasteiger partial charge in [0, 0.05) is 29.9 Å². The van der Waals surface area contributed by atoms with Gasteiger partial charge < -0.3 is 20.7 Å². The molecule has 0 unspecified atom stereocenters. The van der Waals surface area contributed by atoms with E-state index in [2.05, 4.69) is 20.9 Å². The van der Waals surface area contributed by atoms with E-state index in [1.165, 1.54) is 6.92 Å². The molecule has 3 amide bonds. The highest BCUT2D eigenvalue weighted by Crippen LogP contribution is 2.24. The summed E-state index contributed by atoms with van der Waals surface area (Å²) < 4.78 is 5.65. The van der Waals surface area contributed by atoms with E-state index in [1.54, 1.807) is 60.8 Å². The molecule has 8 nitrogen and oxygen atoms in total. The summed E-state index contributed by atoms with van der Waals surface area (Å²) in [4.78, 5) is 40.8. The van der Waals surface area contributed by atoms with Crippen LogP contribution < -0.4 is 20.7 Å². The maximum absolute atomic E-state index is 13.0. The van der Waals surface area contributed by atoms with Gasteiger partial charge in [-0.15, -0.1) is 0 Å². The van der Waals surface area contributed by atoms with Gasteiger partial charge in [-0.3, -0.25) is 19.4 Å². The van der Waals surface area contributed by atoms with E-state index >= 15 is 0 Å². The van der Waals surface area contributed by atoms with Crippen LogP contribution in [0.3, 0.4) is 0 Å². The predicted octanol–water partition coefficient (Wildman–Crippen LogP) is 4.46. The Hall–Kier alpha value is -4.72. The van der Waals surface area contributed by atoms with Gasteiger partial charge in [-0.1, -0.05) is 30.3 Å². The minimum atomic E-state index is -0.388. The van der Waals surface area contributed by atoms with Crippen molar-refractivity contribution in [1.29, 1.82) is 0 Å². The lowest BCUT2D eigenvalue weighted by molar-refractivity contribution is -0.118. The Balaban J connectivity index is 1.40. The number of nitrogens with one attached hydrogen (secondary N) is 3. The number of hydrogen-bond donors (Lipinski definition) is 3. The third-order valence-corrected chi connectivity index (χ3v) is 4.86. The first-order chi connectivity index (χ1) is 16.5. The van der Waals surface area contributed by atoms with Crippen LogP contribution in [0.15, 0.2) is 85.1 Å². The highest BCUT2D eigenvalue weighted by molar-refractivity contribution is 6.09. The second-order valence-electron chi connectivity index (χ2n) is 7.43. The standard InChI is InChI=1S/C26H22N4O4/c1-17(31)28-19-11-13-20(14-12-19)29-24(32)16-34-23-10-3-2-8-21(23)26(33)30-22-9-4-6-18-7-5-15-27-25(18)22/h2-15H,16H2,1H3,(H,28,31)(H,29,32)(H,30,33). The zero-order valence-electron chi connectivity index (χ0n) is 18.4. The molecule has 0 spiro atoms. The molecule has 0 aliphatic rings. The Bertz CT molecular complexity index is 1350. The number of hydrogen-bond acceptors (Lipinski definition) is 5. The molecule has 0 saturated carbocycles. The van der Waals surface area contributed by atoms with Crippen LogP contribution in [0.5, 0.6) is 5.75 Å². The number of rotatable bonds is 7. The zero-order chi connectivity index (χ0) is 23.9. The fraction of sp³-hybridized carbons (Fsp3) is 0.0769. The number of pyridine rings is 1. The summed E-state index contributed by atoms with van der Waals surface area (Å²) in [5.41, 5.74) is 2.74. The number of para-hydroxylation sites is 2. The lowest BCUT2D eigenvalue weighted by atomic mass is 10.1. The van der Waals surface area contributed by atoms with Crippen LogP contribution in [0.1, 0.15) is 17.3 Å². The molecule has 8 heteroatoms. The summed E-state index contributed by atoms with van der Waals surface area (Å²) in [5.74, 6) is -0.655. The minimum Gasteiger partial charge on any atom is -0.483 e. The molecule has 1 aromatic heterocycles. The number of amides is 3. The summed E-state index contributed by atoms with van der Waals surface area (Å²) in [6.45, 7) is 1.14. The summed E-state index contributed by atoms with van der Waals surface area (Å²) in [6, 6.07) is 22.7. The molecule has 0 aliphatic heterocycles. The van der Waals surface area contributed by atoms with Gasteiger partial charge in [0.15, 0.2) is 6.61 Å². The SMILES string of the molecule is CC(=O)Nc1ccc(NC(=O)COc2ccccc2C(=O)Nc2cccc3cccnc23)cc1. The minimum absolute atomic E-state index is 0.176. The van der Waals surface area contributed by atoms with Gasteiger partial charge >= 0.3 is 0 Å². The Morgan fingerprint density at radius 1 is 0.794 bits per heavy atom. The lowest BCUT2D eigenvalue weighted by Gasteiger charge is -2.13. The third kappa shape index (κ3) is 5.55. The first-order valence-corrected chi connectivity index (χ1v) is 10.5. The third-order valence-electron chi connectivity index (χ3n) is 4.86.